The number of nitrogens with two attached hydrogens (primary N) is 1. The fraction of sp³-hybridized carbons (Fsp3) is 0.500. The molecule has 0 heterocycles. The van der Waals surface area contributed by atoms with E-state index < -0.39 is 5.82 Å². The monoisotopic (exact) mass is 284 g/mol. The summed E-state index contributed by atoms with van der Waals surface area (Å²) in [5.74, 6) is -0.656. The summed E-state index contributed by atoms with van der Waals surface area (Å²) in [6, 6.07) is 4.35. The van der Waals surface area contributed by atoms with Crippen LogP contribution in [0.15, 0.2) is 18.2 Å². The quantitative estimate of drug-likeness (QED) is 0.896. The van der Waals surface area contributed by atoms with Gasteiger partial charge in [0.05, 0.1) is 10.7 Å². The van der Waals surface area contributed by atoms with Gasteiger partial charge in [-0.1, -0.05) is 30.5 Å². The molecule has 0 bridgehead atoms. The molecule has 3 nitrogen and oxygen atoms in total. The van der Waals surface area contributed by atoms with E-state index in [0.717, 1.165) is 25.7 Å². The molecular weight excluding hydrogens is 267 g/mol. The molecule has 1 amide bonds. The van der Waals surface area contributed by atoms with E-state index in [0.29, 0.717) is 6.54 Å². The van der Waals surface area contributed by atoms with Gasteiger partial charge in [-0.3, -0.25) is 4.79 Å². The molecule has 0 aromatic heterocycles. The summed E-state index contributed by atoms with van der Waals surface area (Å²) in [5.41, 5.74) is 5.77. The lowest BCUT2D eigenvalue weighted by Crippen LogP contribution is -2.35. The van der Waals surface area contributed by atoms with Crippen molar-refractivity contribution in [3.05, 3.63) is 29.0 Å². The molecule has 2 unspecified atom stereocenters. The summed E-state index contributed by atoms with van der Waals surface area (Å²) in [6.07, 6.45) is 3.88. The van der Waals surface area contributed by atoms with Crippen LogP contribution in [-0.4, -0.2) is 12.5 Å². The first-order valence-corrected chi connectivity index (χ1v) is 6.96. The third-order valence-corrected chi connectivity index (χ3v) is 4.07. The molecule has 0 aliphatic heterocycles. The zero-order valence-corrected chi connectivity index (χ0v) is 11.4. The number of anilines is 1. The Morgan fingerprint density at radius 3 is 2.84 bits per heavy atom. The Hall–Kier alpha value is -1.13. The van der Waals surface area contributed by atoms with Gasteiger partial charge in [0, 0.05) is 5.92 Å². The van der Waals surface area contributed by atoms with Gasteiger partial charge in [-0.25, -0.2) is 4.39 Å². The zero-order chi connectivity index (χ0) is 13.8. The molecule has 1 aliphatic rings. The van der Waals surface area contributed by atoms with Gasteiger partial charge in [0.1, 0.15) is 5.82 Å². The van der Waals surface area contributed by atoms with Crippen LogP contribution in [0.4, 0.5) is 10.1 Å². The molecule has 1 aromatic rings. The van der Waals surface area contributed by atoms with Crippen LogP contribution < -0.4 is 11.1 Å². The third kappa shape index (κ3) is 3.25. The van der Waals surface area contributed by atoms with Crippen molar-refractivity contribution < 1.29 is 9.18 Å². The second-order valence-electron chi connectivity index (χ2n) is 4.97. The van der Waals surface area contributed by atoms with Gasteiger partial charge in [-0.15, -0.1) is 0 Å². The van der Waals surface area contributed by atoms with Crippen LogP contribution in [0.25, 0.3) is 0 Å². The van der Waals surface area contributed by atoms with Crippen molar-refractivity contribution in [3.63, 3.8) is 0 Å². The molecule has 19 heavy (non-hydrogen) atoms. The van der Waals surface area contributed by atoms with Crippen LogP contribution in [0, 0.1) is 17.7 Å². The maximum Gasteiger partial charge on any atom is 0.227 e. The summed E-state index contributed by atoms with van der Waals surface area (Å²) in [7, 11) is 0. The van der Waals surface area contributed by atoms with Crippen molar-refractivity contribution in [1.29, 1.82) is 0 Å². The Kier molecular flexibility index (Phi) is 4.77. The molecule has 1 aliphatic carbocycles. The molecular formula is C14H18ClFN2O. The number of carbonyl (C=O) groups excluding carboxylic acids is 1. The van der Waals surface area contributed by atoms with Gasteiger partial charge in [-0.2, -0.15) is 0 Å². The van der Waals surface area contributed by atoms with Gasteiger partial charge in [0.15, 0.2) is 0 Å². The fourth-order valence-electron chi connectivity index (χ4n) is 2.67. The zero-order valence-electron chi connectivity index (χ0n) is 10.7. The summed E-state index contributed by atoms with van der Waals surface area (Å²) >= 11 is 5.90. The lowest BCUT2D eigenvalue weighted by atomic mass is 9.78. The number of para-hydroxylation sites is 1. The largest absolute Gasteiger partial charge is 0.330 e. The second-order valence-corrected chi connectivity index (χ2v) is 5.38. The highest BCUT2D eigenvalue weighted by Gasteiger charge is 2.30. The summed E-state index contributed by atoms with van der Waals surface area (Å²) < 4.78 is 13.6. The average molecular weight is 285 g/mol. The van der Waals surface area contributed by atoms with Crippen LogP contribution >= 0.6 is 11.6 Å². The first-order valence-electron chi connectivity index (χ1n) is 6.58. The molecule has 5 heteroatoms. The molecule has 104 valence electrons. The van der Waals surface area contributed by atoms with Crippen LogP contribution in [-0.2, 0) is 4.79 Å². The minimum atomic E-state index is -0.513. The Labute approximate surface area is 117 Å². The predicted molar refractivity (Wildman–Crippen MR) is 74.5 cm³/mol. The van der Waals surface area contributed by atoms with Crippen LogP contribution in [0.3, 0.4) is 0 Å². The second kappa shape index (κ2) is 6.35. The highest BCUT2D eigenvalue weighted by atomic mass is 35.5. The summed E-state index contributed by atoms with van der Waals surface area (Å²) in [4.78, 5) is 12.2. The molecule has 3 N–H and O–H groups in total. The van der Waals surface area contributed by atoms with Crippen LogP contribution in [0.2, 0.25) is 5.02 Å². The van der Waals surface area contributed by atoms with E-state index in [1.807, 2.05) is 0 Å². The molecule has 0 spiro atoms. The van der Waals surface area contributed by atoms with Crippen molar-refractivity contribution >= 4 is 23.2 Å². The lowest BCUT2D eigenvalue weighted by molar-refractivity contribution is -0.122. The predicted octanol–water partition coefficient (Wildman–Crippen LogP) is 3.18. The Balaban J connectivity index is 2.12. The van der Waals surface area contributed by atoms with Crippen molar-refractivity contribution in [1.82, 2.24) is 0 Å². The number of halogens is 2. The standard InChI is InChI=1S/C14H18ClFN2O/c15-11-6-3-7-12(16)13(11)18-14(19)10-5-2-1-4-9(10)8-17/h3,6-7,9-10H,1-2,4-5,8,17H2,(H,18,19). The maximum atomic E-state index is 13.6. The van der Waals surface area contributed by atoms with Crippen LogP contribution in [0.5, 0.6) is 0 Å². The van der Waals surface area contributed by atoms with Crippen LogP contribution in [0.1, 0.15) is 25.7 Å². The lowest BCUT2D eigenvalue weighted by Gasteiger charge is -2.29. The highest BCUT2D eigenvalue weighted by molar-refractivity contribution is 6.33. The van der Waals surface area contributed by atoms with E-state index in [-0.39, 0.29) is 28.5 Å². The van der Waals surface area contributed by atoms with Crippen molar-refractivity contribution in [2.24, 2.45) is 17.6 Å². The van der Waals surface area contributed by atoms with Gasteiger partial charge < -0.3 is 11.1 Å². The Morgan fingerprint density at radius 1 is 1.42 bits per heavy atom. The minimum Gasteiger partial charge on any atom is -0.330 e. The van der Waals surface area contributed by atoms with Gasteiger partial charge in [-0.05, 0) is 37.4 Å². The van der Waals surface area contributed by atoms with E-state index in [1.165, 1.54) is 12.1 Å². The number of hydrogen-bond acceptors (Lipinski definition) is 2. The summed E-state index contributed by atoms with van der Waals surface area (Å²) in [6.45, 7) is 0.489. The van der Waals surface area contributed by atoms with E-state index in [1.54, 1.807) is 6.07 Å². The fourth-order valence-corrected chi connectivity index (χ4v) is 2.88. The van der Waals surface area contributed by atoms with Gasteiger partial charge in [0.2, 0.25) is 5.91 Å². The molecule has 0 radical (unpaired) electrons. The molecule has 2 rings (SSSR count). The number of amides is 1. The molecule has 2 atom stereocenters. The smallest absolute Gasteiger partial charge is 0.227 e. The van der Waals surface area contributed by atoms with Crippen molar-refractivity contribution in [2.45, 2.75) is 25.7 Å². The Morgan fingerprint density at radius 2 is 2.16 bits per heavy atom. The number of carbonyl (C=O) groups is 1. The molecule has 1 saturated carbocycles. The molecule has 0 saturated heterocycles. The average Bonchev–Trinajstić information content (AvgIpc) is 2.42. The number of hydrogen-bond donors (Lipinski definition) is 2. The van der Waals surface area contributed by atoms with E-state index >= 15 is 0 Å². The maximum absolute atomic E-state index is 13.6. The molecule has 1 aromatic carbocycles. The third-order valence-electron chi connectivity index (χ3n) is 3.76. The highest BCUT2D eigenvalue weighted by Crippen LogP contribution is 2.32. The first-order chi connectivity index (χ1) is 9.13. The molecule has 1 fully saturated rings. The van der Waals surface area contributed by atoms with Gasteiger partial charge >= 0.3 is 0 Å². The SMILES string of the molecule is NCC1CCCCC1C(=O)Nc1c(F)cccc1Cl. The van der Waals surface area contributed by atoms with Gasteiger partial charge in [0.25, 0.3) is 0 Å². The first kappa shape index (κ1) is 14.3. The summed E-state index contributed by atoms with van der Waals surface area (Å²) in [5, 5.41) is 2.83. The van der Waals surface area contributed by atoms with E-state index in [9.17, 15) is 9.18 Å². The van der Waals surface area contributed by atoms with E-state index in [2.05, 4.69) is 5.32 Å². The minimum absolute atomic E-state index is 0.0653. The normalized spacial score (nSPS) is 23.1. The van der Waals surface area contributed by atoms with E-state index in [4.69, 9.17) is 17.3 Å². The number of rotatable bonds is 3. The number of nitrogens with one attached hydrogen (secondary N) is 1. The van der Waals surface area contributed by atoms with Crippen molar-refractivity contribution in [3.8, 4) is 0 Å². The Bertz CT molecular complexity index is 447. The van der Waals surface area contributed by atoms with Crippen molar-refractivity contribution in [2.75, 3.05) is 11.9 Å². The topological polar surface area (TPSA) is 55.1 Å². The number of benzene rings is 1.